The van der Waals surface area contributed by atoms with Crippen LogP contribution in [0.4, 0.5) is 0 Å². The second-order valence-corrected chi connectivity index (χ2v) is 10.7. The smallest absolute Gasteiger partial charge is 0.162 e. The fourth-order valence-corrected chi connectivity index (χ4v) is 8.30. The van der Waals surface area contributed by atoms with Crippen molar-refractivity contribution in [2.75, 3.05) is 0 Å². The van der Waals surface area contributed by atoms with Crippen molar-refractivity contribution in [2.45, 2.75) is 76.9 Å². The summed E-state index contributed by atoms with van der Waals surface area (Å²) in [7, 11) is 0. The van der Waals surface area contributed by atoms with E-state index in [0.29, 0.717) is 17.8 Å². The summed E-state index contributed by atoms with van der Waals surface area (Å²) in [5, 5.41) is 24.9. The standard InChI is InChI=1S/C23H31ClN4O2/c1-22-8-6-17-16-7-9-23(30,10-11-24)12-15(16)2-3-18(17)19(22)4-5-20(22)21(29)13-28-26-14-25-27-28/h14-20,30H,2-9,12-13H2,1H3/t15-,16-,17+,18+,19-,20+,22-,23+/m0/s1. The van der Waals surface area contributed by atoms with Gasteiger partial charge in [0.05, 0.1) is 0 Å². The molecule has 1 aromatic heterocycles. The number of ketones is 1. The summed E-state index contributed by atoms with van der Waals surface area (Å²) in [5.41, 5.74) is -0.787. The van der Waals surface area contributed by atoms with E-state index < -0.39 is 5.60 Å². The van der Waals surface area contributed by atoms with Gasteiger partial charge in [-0.05, 0) is 110 Å². The minimum Gasteiger partial charge on any atom is -0.378 e. The topological polar surface area (TPSA) is 80.9 Å². The molecule has 8 atom stereocenters. The van der Waals surface area contributed by atoms with Gasteiger partial charge in [0.2, 0.25) is 0 Å². The molecule has 162 valence electrons. The maximum absolute atomic E-state index is 13.1. The number of fused-ring (bicyclic) bond motifs is 5. The molecule has 4 saturated carbocycles. The monoisotopic (exact) mass is 430 g/mol. The summed E-state index contributed by atoms with van der Waals surface area (Å²) >= 11 is 5.61. The number of aromatic nitrogens is 4. The number of nitrogens with zero attached hydrogens (tertiary/aromatic N) is 4. The van der Waals surface area contributed by atoms with Crippen LogP contribution in [0, 0.1) is 52.2 Å². The number of tetrazole rings is 1. The van der Waals surface area contributed by atoms with Crippen LogP contribution in [0.25, 0.3) is 0 Å². The quantitative estimate of drug-likeness (QED) is 0.743. The van der Waals surface area contributed by atoms with Crippen molar-refractivity contribution in [2.24, 2.45) is 40.9 Å². The maximum atomic E-state index is 13.1. The zero-order valence-corrected chi connectivity index (χ0v) is 18.4. The van der Waals surface area contributed by atoms with Crippen molar-refractivity contribution in [3.63, 3.8) is 0 Å². The normalized spacial score (nSPS) is 44.9. The van der Waals surface area contributed by atoms with Gasteiger partial charge in [-0.1, -0.05) is 12.8 Å². The molecule has 4 fully saturated rings. The molecule has 0 radical (unpaired) electrons. The first-order valence-corrected chi connectivity index (χ1v) is 11.9. The van der Waals surface area contributed by atoms with Gasteiger partial charge >= 0.3 is 0 Å². The Balaban J connectivity index is 1.31. The Kier molecular flexibility index (Phi) is 5.18. The van der Waals surface area contributed by atoms with Crippen LogP contribution in [0.2, 0.25) is 0 Å². The Morgan fingerprint density at radius 1 is 1.17 bits per heavy atom. The van der Waals surface area contributed by atoms with E-state index >= 15 is 0 Å². The molecule has 0 saturated heterocycles. The average molecular weight is 431 g/mol. The van der Waals surface area contributed by atoms with Gasteiger partial charge in [0.15, 0.2) is 12.1 Å². The first kappa shape index (κ1) is 20.5. The van der Waals surface area contributed by atoms with E-state index in [0.717, 1.165) is 50.4 Å². The number of hydrogen-bond acceptors (Lipinski definition) is 5. The summed E-state index contributed by atoms with van der Waals surface area (Å²) in [4.78, 5) is 14.5. The molecule has 1 aromatic rings. The molecule has 7 heteroatoms. The Morgan fingerprint density at radius 2 is 2.00 bits per heavy atom. The number of hydrogen-bond donors (Lipinski definition) is 1. The van der Waals surface area contributed by atoms with Gasteiger partial charge < -0.3 is 5.11 Å². The maximum Gasteiger partial charge on any atom is 0.162 e. The second kappa shape index (κ2) is 7.60. The predicted molar refractivity (Wildman–Crippen MR) is 112 cm³/mol. The molecule has 0 bridgehead atoms. The zero-order chi connectivity index (χ0) is 20.9. The molecule has 0 aliphatic heterocycles. The van der Waals surface area contributed by atoms with Crippen molar-refractivity contribution in [1.82, 2.24) is 20.2 Å². The number of rotatable bonds is 3. The molecular formula is C23H31ClN4O2. The molecule has 4 aliphatic carbocycles. The SMILES string of the molecule is C[C@]12CC[C@H]3[C@@H](CC[C@H]4C[C@](O)(C#CCl)CC[C@@H]43)[C@@H]1CC[C@@H]2C(=O)Cn1ncnn1. The summed E-state index contributed by atoms with van der Waals surface area (Å²) < 4.78 is 0. The highest BCUT2D eigenvalue weighted by Gasteiger charge is 2.58. The molecule has 5 rings (SSSR count). The van der Waals surface area contributed by atoms with E-state index in [9.17, 15) is 9.90 Å². The molecular weight excluding hydrogens is 400 g/mol. The van der Waals surface area contributed by atoms with Gasteiger partial charge in [0.25, 0.3) is 0 Å². The second-order valence-electron chi connectivity index (χ2n) is 10.5. The summed E-state index contributed by atoms with van der Waals surface area (Å²) in [5.74, 6) is 6.59. The molecule has 1 N–H and O–H groups in total. The zero-order valence-electron chi connectivity index (χ0n) is 17.6. The third-order valence-electron chi connectivity index (χ3n) is 9.37. The minimum absolute atomic E-state index is 0.102. The number of carbonyl (C=O) groups excluding carboxylic acids is 1. The lowest BCUT2D eigenvalue weighted by Crippen LogP contribution is -2.51. The Morgan fingerprint density at radius 3 is 2.77 bits per heavy atom. The van der Waals surface area contributed by atoms with Crippen molar-refractivity contribution < 1.29 is 9.90 Å². The van der Waals surface area contributed by atoms with Crippen LogP contribution < -0.4 is 0 Å². The Bertz CT molecular complexity index is 864. The van der Waals surface area contributed by atoms with Crippen LogP contribution in [0.5, 0.6) is 0 Å². The molecule has 6 nitrogen and oxygen atoms in total. The molecule has 0 aromatic carbocycles. The Hall–Kier alpha value is -1.45. The van der Waals surface area contributed by atoms with Crippen LogP contribution in [0.3, 0.4) is 0 Å². The molecule has 0 spiro atoms. The van der Waals surface area contributed by atoms with E-state index in [2.05, 4.69) is 33.6 Å². The van der Waals surface area contributed by atoms with E-state index in [-0.39, 0.29) is 23.7 Å². The van der Waals surface area contributed by atoms with Gasteiger partial charge in [0.1, 0.15) is 12.1 Å². The van der Waals surface area contributed by atoms with Gasteiger partial charge in [-0.25, -0.2) is 0 Å². The van der Waals surface area contributed by atoms with Crippen LogP contribution in [-0.2, 0) is 11.3 Å². The molecule has 0 amide bonds. The highest BCUT2D eigenvalue weighted by Crippen LogP contribution is 2.64. The van der Waals surface area contributed by atoms with Crippen molar-refractivity contribution in [1.29, 1.82) is 0 Å². The minimum atomic E-state index is -0.890. The average Bonchev–Trinajstić information content (AvgIpc) is 3.34. The van der Waals surface area contributed by atoms with Gasteiger partial charge in [-0.3, -0.25) is 4.79 Å². The van der Waals surface area contributed by atoms with Gasteiger partial charge in [-0.2, -0.15) is 4.80 Å². The lowest BCUT2D eigenvalue weighted by Gasteiger charge is -2.56. The van der Waals surface area contributed by atoms with Crippen LogP contribution >= 0.6 is 11.6 Å². The highest BCUT2D eigenvalue weighted by atomic mass is 35.5. The molecule has 4 aliphatic rings. The summed E-state index contributed by atoms with van der Waals surface area (Å²) in [6, 6.07) is 0. The molecule has 0 unspecified atom stereocenters. The largest absolute Gasteiger partial charge is 0.378 e. The van der Waals surface area contributed by atoms with Gasteiger partial charge in [0, 0.05) is 11.3 Å². The number of Topliss-reactive ketones (excluding diaryl/α,β-unsaturated/α-hetero) is 1. The van der Waals surface area contributed by atoms with E-state index in [1.807, 2.05) is 0 Å². The summed E-state index contributed by atoms with van der Waals surface area (Å²) in [6.07, 6.45) is 10.9. The van der Waals surface area contributed by atoms with E-state index in [1.54, 1.807) is 0 Å². The first-order chi connectivity index (χ1) is 14.4. The highest BCUT2D eigenvalue weighted by molar-refractivity contribution is 6.30. The molecule has 30 heavy (non-hydrogen) atoms. The number of carbonyl (C=O) groups is 1. The fourth-order valence-electron chi connectivity index (χ4n) is 8.12. The van der Waals surface area contributed by atoms with E-state index in [1.165, 1.54) is 30.4 Å². The van der Waals surface area contributed by atoms with Crippen molar-refractivity contribution in [3.8, 4) is 11.3 Å². The number of aliphatic hydroxyl groups is 1. The first-order valence-electron chi connectivity index (χ1n) is 11.5. The Labute approximate surface area is 183 Å². The predicted octanol–water partition coefficient (Wildman–Crippen LogP) is 3.44. The lowest BCUT2D eigenvalue weighted by molar-refractivity contribution is -0.132. The third-order valence-corrected chi connectivity index (χ3v) is 9.46. The summed E-state index contributed by atoms with van der Waals surface area (Å²) in [6.45, 7) is 2.62. The molecule has 1 heterocycles. The van der Waals surface area contributed by atoms with E-state index in [4.69, 9.17) is 11.6 Å². The van der Waals surface area contributed by atoms with Gasteiger partial charge in [-0.15, -0.1) is 10.2 Å². The van der Waals surface area contributed by atoms with Crippen LogP contribution in [-0.4, -0.2) is 36.7 Å². The fraction of sp³-hybridized carbons (Fsp3) is 0.826. The van der Waals surface area contributed by atoms with Crippen molar-refractivity contribution in [3.05, 3.63) is 6.33 Å². The van der Waals surface area contributed by atoms with Crippen LogP contribution in [0.15, 0.2) is 6.33 Å². The number of halogens is 1. The van der Waals surface area contributed by atoms with Crippen LogP contribution in [0.1, 0.15) is 64.7 Å². The van der Waals surface area contributed by atoms with Crippen molar-refractivity contribution >= 4 is 17.4 Å². The third kappa shape index (κ3) is 3.29. The lowest BCUT2D eigenvalue weighted by atomic mass is 9.49.